The molecule has 0 amide bonds. The Morgan fingerprint density at radius 3 is 2.46 bits per heavy atom. The van der Waals surface area contributed by atoms with Crippen LogP contribution in [0.25, 0.3) is 11.1 Å². The summed E-state index contributed by atoms with van der Waals surface area (Å²) in [4.78, 5) is 19.3. The fourth-order valence-electron chi connectivity index (χ4n) is 2.27. The van der Waals surface area contributed by atoms with Crippen LogP contribution in [-0.2, 0) is 6.61 Å². The van der Waals surface area contributed by atoms with E-state index in [9.17, 15) is 4.79 Å². The highest BCUT2D eigenvalue weighted by molar-refractivity contribution is 5.81. The van der Waals surface area contributed by atoms with Crippen molar-refractivity contribution in [1.82, 2.24) is 9.97 Å². The first-order valence-corrected chi connectivity index (χ1v) is 7.42. The molecule has 0 saturated heterocycles. The summed E-state index contributed by atoms with van der Waals surface area (Å²) in [5.74, 6) is 0.665. The zero-order valence-corrected chi connectivity index (χ0v) is 13.2. The molecule has 0 unspecified atom stereocenters. The standard InChI is InChI=1S/C19H16N2O3/c1-23-19-20-10-16(11-21-19)17-9-15(12-22)7-8-18(17)24-13-14-5-3-2-4-6-14/h2-12H,13H2,1H3. The summed E-state index contributed by atoms with van der Waals surface area (Å²) in [6.45, 7) is 0.436. The van der Waals surface area contributed by atoms with E-state index in [1.807, 2.05) is 30.3 Å². The van der Waals surface area contributed by atoms with Crippen molar-refractivity contribution in [2.75, 3.05) is 7.11 Å². The molecule has 5 nitrogen and oxygen atoms in total. The van der Waals surface area contributed by atoms with E-state index in [0.717, 1.165) is 23.0 Å². The lowest BCUT2D eigenvalue weighted by atomic mass is 10.0. The average Bonchev–Trinajstić information content (AvgIpc) is 2.67. The van der Waals surface area contributed by atoms with Crippen molar-refractivity contribution in [1.29, 1.82) is 0 Å². The zero-order valence-electron chi connectivity index (χ0n) is 13.2. The van der Waals surface area contributed by atoms with E-state index < -0.39 is 0 Å². The number of methoxy groups -OCH3 is 1. The molecule has 0 saturated carbocycles. The van der Waals surface area contributed by atoms with Crippen LogP contribution in [0.15, 0.2) is 60.9 Å². The average molecular weight is 320 g/mol. The van der Waals surface area contributed by atoms with Crippen molar-refractivity contribution in [2.45, 2.75) is 6.61 Å². The first-order chi connectivity index (χ1) is 11.8. The van der Waals surface area contributed by atoms with Gasteiger partial charge in [-0.15, -0.1) is 0 Å². The molecule has 3 rings (SSSR count). The van der Waals surface area contributed by atoms with Crippen molar-refractivity contribution in [2.24, 2.45) is 0 Å². The van der Waals surface area contributed by atoms with E-state index in [0.29, 0.717) is 17.9 Å². The predicted molar refractivity (Wildman–Crippen MR) is 90.2 cm³/mol. The van der Waals surface area contributed by atoms with Gasteiger partial charge in [-0.05, 0) is 23.8 Å². The SMILES string of the molecule is COc1ncc(-c2cc(C=O)ccc2OCc2ccccc2)cn1. The van der Waals surface area contributed by atoms with Gasteiger partial charge in [0.05, 0.1) is 7.11 Å². The van der Waals surface area contributed by atoms with Gasteiger partial charge in [-0.2, -0.15) is 0 Å². The fraction of sp³-hybridized carbons (Fsp3) is 0.105. The van der Waals surface area contributed by atoms with Crippen LogP contribution < -0.4 is 9.47 Å². The Morgan fingerprint density at radius 1 is 1.04 bits per heavy atom. The summed E-state index contributed by atoms with van der Waals surface area (Å²) in [5.41, 5.74) is 3.14. The third-order valence-electron chi connectivity index (χ3n) is 3.50. The molecule has 120 valence electrons. The molecule has 2 aromatic carbocycles. The fourth-order valence-corrected chi connectivity index (χ4v) is 2.27. The molecule has 0 atom stereocenters. The maximum absolute atomic E-state index is 11.1. The number of hydrogen-bond donors (Lipinski definition) is 0. The molecule has 0 N–H and O–H groups in total. The van der Waals surface area contributed by atoms with Gasteiger partial charge in [0.2, 0.25) is 0 Å². The third-order valence-corrected chi connectivity index (χ3v) is 3.50. The van der Waals surface area contributed by atoms with Gasteiger partial charge in [0.15, 0.2) is 0 Å². The Bertz CT molecular complexity index is 818. The topological polar surface area (TPSA) is 61.3 Å². The van der Waals surface area contributed by atoms with Crippen LogP contribution in [-0.4, -0.2) is 23.4 Å². The predicted octanol–water partition coefficient (Wildman–Crippen LogP) is 3.54. The number of aromatic nitrogens is 2. The molecule has 5 heteroatoms. The van der Waals surface area contributed by atoms with E-state index in [2.05, 4.69) is 9.97 Å². The van der Waals surface area contributed by atoms with Gasteiger partial charge in [-0.25, -0.2) is 9.97 Å². The Kier molecular flexibility index (Phi) is 4.81. The van der Waals surface area contributed by atoms with Gasteiger partial charge < -0.3 is 9.47 Å². The Labute approximate surface area is 139 Å². The molecule has 0 bridgehead atoms. The summed E-state index contributed by atoms with van der Waals surface area (Å²) in [6, 6.07) is 15.4. The van der Waals surface area contributed by atoms with Crippen molar-refractivity contribution >= 4 is 6.29 Å². The van der Waals surface area contributed by atoms with Crippen LogP contribution in [0.4, 0.5) is 0 Å². The van der Waals surface area contributed by atoms with Crippen molar-refractivity contribution in [3.05, 3.63) is 72.1 Å². The number of nitrogens with zero attached hydrogens (tertiary/aromatic N) is 2. The van der Waals surface area contributed by atoms with Crippen LogP contribution >= 0.6 is 0 Å². The van der Waals surface area contributed by atoms with Crippen LogP contribution in [0.3, 0.4) is 0 Å². The number of aldehydes is 1. The molecule has 0 spiro atoms. The smallest absolute Gasteiger partial charge is 0.316 e. The van der Waals surface area contributed by atoms with E-state index >= 15 is 0 Å². The Morgan fingerprint density at radius 2 is 1.79 bits per heavy atom. The minimum atomic E-state index is 0.289. The molecule has 3 aromatic rings. The highest BCUT2D eigenvalue weighted by Crippen LogP contribution is 2.31. The van der Waals surface area contributed by atoms with Gasteiger partial charge >= 0.3 is 6.01 Å². The number of hydrogen-bond acceptors (Lipinski definition) is 5. The maximum Gasteiger partial charge on any atom is 0.316 e. The number of rotatable bonds is 6. The second kappa shape index (κ2) is 7.37. The number of benzene rings is 2. The summed E-state index contributed by atoms with van der Waals surface area (Å²) in [5, 5.41) is 0. The molecule has 0 fully saturated rings. The molecule has 0 radical (unpaired) electrons. The second-order valence-electron chi connectivity index (χ2n) is 5.11. The lowest BCUT2D eigenvalue weighted by molar-refractivity contribution is 0.112. The second-order valence-corrected chi connectivity index (χ2v) is 5.11. The quantitative estimate of drug-likeness (QED) is 0.650. The highest BCUT2D eigenvalue weighted by atomic mass is 16.5. The lowest BCUT2D eigenvalue weighted by Gasteiger charge is -2.12. The van der Waals surface area contributed by atoms with E-state index in [-0.39, 0.29) is 6.01 Å². The number of carbonyl (C=O) groups is 1. The zero-order chi connectivity index (χ0) is 16.8. The largest absolute Gasteiger partial charge is 0.488 e. The molecular formula is C19H16N2O3. The van der Waals surface area contributed by atoms with Crippen LogP contribution in [0.1, 0.15) is 15.9 Å². The number of ether oxygens (including phenoxy) is 2. The molecule has 0 aliphatic rings. The third kappa shape index (κ3) is 3.57. The summed E-state index contributed by atoms with van der Waals surface area (Å²) < 4.78 is 10.9. The van der Waals surface area contributed by atoms with Crippen molar-refractivity contribution in [3.8, 4) is 22.9 Å². The van der Waals surface area contributed by atoms with Crippen molar-refractivity contribution < 1.29 is 14.3 Å². The first kappa shape index (κ1) is 15.7. The van der Waals surface area contributed by atoms with Gasteiger partial charge in [0.25, 0.3) is 0 Å². The van der Waals surface area contributed by atoms with Crippen LogP contribution in [0.2, 0.25) is 0 Å². The number of carbonyl (C=O) groups excluding carboxylic acids is 1. The van der Waals surface area contributed by atoms with E-state index in [1.165, 1.54) is 7.11 Å². The summed E-state index contributed by atoms with van der Waals surface area (Å²) in [7, 11) is 1.51. The Balaban J connectivity index is 1.91. The molecule has 0 aliphatic heterocycles. The molecular weight excluding hydrogens is 304 g/mol. The normalized spacial score (nSPS) is 10.2. The van der Waals surface area contributed by atoms with E-state index in [1.54, 1.807) is 30.6 Å². The first-order valence-electron chi connectivity index (χ1n) is 7.42. The maximum atomic E-state index is 11.1. The monoisotopic (exact) mass is 320 g/mol. The Hall–Kier alpha value is -3.21. The van der Waals surface area contributed by atoms with Gasteiger partial charge in [-0.1, -0.05) is 30.3 Å². The minimum absolute atomic E-state index is 0.289. The summed E-state index contributed by atoms with van der Waals surface area (Å²) in [6.07, 6.45) is 4.09. The molecule has 0 aliphatic carbocycles. The van der Waals surface area contributed by atoms with Gasteiger partial charge in [-0.3, -0.25) is 4.79 Å². The highest BCUT2D eigenvalue weighted by Gasteiger charge is 2.10. The molecule has 24 heavy (non-hydrogen) atoms. The van der Waals surface area contributed by atoms with Crippen molar-refractivity contribution in [3.63, 3.8) is 0 Å². The minimum Gasteiger partial charge on any atom is -0.488 e. The van der Waals surface area contributed by atoms with Crippen LogP contribution in [0.5, 0.6) is 11.8 Å². The van der Waals surface area contributed by atoms with Gasteiger partial charge in [0, 0.05) is 29.1 Å². The molecule has 1 heterocycles. The lowest BCUT2D eigenvalue weighted by Crippen LogP contribution is -1.98. The van der Waals surface area contributed by atoms with E-state index in [4.69, 9.17) is 9.47 Å². The van der Waals surface area contributed by atoms with Gasteiger partial charge in [0.1, 0.15) is 18.6 Å². The summed E-state index contributed by atoms with van der Waals surface area (Å²) >= 11 is 0. The van der Waals surface area contributed by atoms with Crippen LogP contribution in [0, 0.1) is 0 Å². The molecule has 1 aromatic heterocycles.